The van der Waals surface area contributed by atoms with Gasteiger partial charge in [-0.25, -0.2) is 4.79 Å². The highest BCUT2D eigenvalue weighted by atomic mass is 32.2. The molecule has 0 amide bonds. The Balaban J connectivity index is 1.54. The average molecular weight is 280 g/mol. The Morgan fingerprint density at radius 3 is 3.16 bits per heavy atom. The first kappa shape index (κ1) is 12.8. The van der Waals surface area contributed by atoms with Crippen LogP contribution in [0.1, 0.15) is 12.8 Å². The van der Waals surface area contributed by atoms with Crippen LogP contribution in [0, 0.1) is 0 Å². The summed E-state index contributed by atoms with van der Waals surface area (Å²) >= 11 is 1.63. The molecule has 0 aliphatic carbocycles. The number of benzene rings is 1. The van der Waals surface area contributed by atoms with E-state index >= 15 is 0 Å². The molecule has 1 aromatic rings. The van der Waals surface area contributed by atoms with Gasteiger partial charge in [0.25, 0.3) is 0 Å². The van der Waals surface area contributed by atoms with Gasteiger partial charge in [0.05, 0.1) is 6.10 Å². The zero-order chi connectivity index (χ0) is 13.1. The molecule has 3 rings (SSSR count). The molecule has 0 spiro atoms. The van der Waals surface area contributed by atoms with Crippen molar-refractivity contribution in [1.29, 1.82) is 0 Å². The van der Waals surface area contributed by atoms with Gasteiger partial charge in [-0.15, -0.1) is 11.8 Å². The third-order valence-electron chi connectivity index (χ3n) is 3.21. The van der Waals surface area contributed by atoms with Gasteiger partial charge < -0.3 is 14.2 Å². The molecule has 0 N–H and O–H groups in total. The van der Waals surface area contributed by atoms with Crippen LogP contribution in [-0.4, -0.2) is 37.1 Å². The predicted octanol–water partition coefficient (Wildman–Crippen LogP) is 2.26. The number of hydrogen-bond donors (Lipinski definition) is 0. The van der Waals surface area contributed by atoms with Gasteiger partial charge in [-0.2, -0.15) is 0 Å². The molecule has 0 unspecified atom stereocenters. The maximum absolute atomic E-state index is 11.9. The summed E-state index contributed by atoms with van der Waals surface area (Å²) in [4.78, 5) is 13.0. The molecule has 1 fully saturated rings. The van der Waals surface area contributed by atoms with Crippen LogP contribution in [0.2, 0.25) is 0 Å². The molecule has 102 valence electrons. The van der Waals surface area contributed by atoms with Gasteiger partial charge in [0, 0.05) is 17.3 Å². The number of carbonyl (C=O) groups excluding carboxylic acids is 1. The topological polar surface area (TPSA) is 44.8 Å². The van der Waals surface area contributed by atoms with Gasteiger partial charge in [-0.1, -0.05) is 12.1 Å². The fraction of sp³-hybridized carbons (Fsp3) is 0.500. The molecule has 0 radical (unpaired) electrons. The van der Waals surface area contributed by atoms with Crippen LogP contribution in [-0.2, 0) is 14.3 Å². The Labute approximate surface area is 116 Å². The summed E-state index contributed by atoms with van der Waals surface area (Å²) in [5.74, 6) is 1.07. The standard InChI is InChI=1S/C14H16O4S/c15-14(17-8-10-4-3-7-16-10)12-9-19-13-6-2-1-5-11(13)18-12/h1-2,5-6,10,12H,3-4,7-9H2/t10-,12-/m1/s1. The first-order chi connectivity index (χ1) is 9.33. The molecule has 2 aliphatic heterocycles. The second-order valence-corrected chi connectivity index (χ2v) is 5.69. The number of para-hydroxylation sites is 1. The molecule has 0 bridgehead atoms. The highest BCUT2D eigenvalue weighted by molar-refractivity contribution is 7.99. The number of carbonyl (C=O) groups is 1. The fourth-order valence-electron chi connectivity index (χ4n) is 2.18. The van der Waals surface area contributed by atoms with Gasteiger partial charge in [0.15, 0.2) is 0 Å². The molecule has 2 heterocycles. The van der Waals surface area contributed by atoms with E-state index in [4.69, 9.17) is 14.2 Å². The molecular formula is C14H16O4S. The van der Waals surface area contributed by atoms with Gasteiger partial charge in [0.2, 0.25) is 6.10 Å². The lowest BCUT2D eigenvalue weighted by Crippen LogP contribution is -2.35. The van der Waals surface area contributed by atoms with Crippen LogP contribution < -0.4 is 4.74 Å². The Kier molecular flexibility index (Phi) is 3.94. The van der Waals surface area contributed by atoms with E-state index in [1.807, 2.05) is 24.3 Å². The average Bonchev–Trinajstić information content (AvgIpc) is 2.97. The van der Waals surface area contributed by atoms with E-state index in [-0.39, 0.29) is 12.1 Å². The van der Waals surface area contributed by atoms with E-state index in [1.165, 1.54) is 0 Å². The maximum atomic E-state index is 11.9. The van der Waals surface area contributed by atoms with Gasteiger partial charge in [-0.3, -0.25) is 0 Å². The molecule has 0 saturated carbocycles. The monoisotopic (exact) mass is 280 g/mol. The zero-order valence-corrected chi connectivity index (χ0v) is 11.4. The predicted molar refractivity (Wildman–Crippen MR) is 71.5 cm³/mol. The van der Waals surface area contributed by atoms with Crippen molar-refractivity contribution >= 4 is 17.7 Å². The van der Waals surface area contributed by atoms with Crippen LogP contribution >= 0.6 is 11.8 Å². The first-order valence-electron chi connectivity index (χ1n) is 6.49. The first-order valence-corrected chi connectivity index (χ1v) is 7.48. The summed E-state index contributed by atoms with van der Waals surface area (Å²) in [5.41, 5.74) is 0. The van der Waals surface area contributed by atoms with Crippen LogP contribution in [0.5, 0.6) is 5.75 Å². The third kappa shape index (κ3) is 3.04. The quantitative estimate of drug-likeness (QED) is 0.795. The van der Waals surface area contributed by atoms with Crippen LogP contribution in [0.3, 0.4) is 0 Å². The minimum absolute atomic E-state index is 0.0625. The number of fused-ring (bicyclic) bond motifs is 1. The summed E-state index contributed by atoms with van der Waals surface area (Å²) in [6.45, 7) is 1.11. The van der Waals surface area contributed by atoms with E-state index in [2.05, 4.69) is 0 Å². The SMILES string of the molecule is O=C(OC[C@H]1CCCO1)[C@H]1CSc2ccccc2O1. The van der Waals surface area contributed by atoms with E-state index in [0.29, 0.717) is 12.4 Å². The molecule has 1 aromatic carbocycles. The number of ether oxygens (including phenoxy) is 3. The summed E-state index contributed by atoms with van der Waals surface area (Å²) in [6.07, 6.45) is 1.57. The Morgan fingerprint density at radius 1 is 1.42 bits per heavy atom. The molecule has 5 heteroatoms. The molecule has 2 atom stereocenters. The fourth-order valence-corrected chi connectivity index (χ4v) is 3.15. The smallest absolute Gasteiger partial charge is 0.348 e. The number of esters is 1. The summed E-state index contributed by atoms with van der Waals surface area (Å²) < 4.78 is 16.4. The highest BCUT2D eigenvalue weighted by Crippen LogP contribution is 2.35. The van der Waals surface area contributed by atoms with Crippen molar-refractivity contribution in [3.8, 4) is 5.75 Å². The van der Waals surface area contributed by atoms with Crippen molar-refractivity contribution in [3.63, 3.8) is 0 Å². The lowest BCUT2D eigenvalue weighted by Gasteiger charge is -2.24. The van der Waals surface area contributed by atoms with Crippen LogP contribution in [0.25, 0.3) is 0 Å². The van der Waals surface area contributed by atoms with Gasteiger partial charge in [0.1, 0.15) is 12.4 Å². The van der Waals surface area contributed by atoms with Crippen molar-refractivity contribution in [1.82, 2.24) is 0 Å². The van der Waals surface area contributed by atoms with Crippen molar-refractivity contribution in [2.45, 2.75) is 29.9 Å². The maximum Gasteiger partial charge on any atom is 0.348 e. The summed E-state index contributed by atoms with van der Waals surface area (Å²) in [7, 11) is 0. The molecular weight excluding hydrogens is 264 g/mol. The minimum atomic E-state index is -0.513. The van der Waals surface area contributed by atoms with Crippen molar-refractivity contribution in [3.05, 3.63) is 24.3 Å². The van der Waals surface area contributed by atoms with Crippen LogP contribution in [0.4, 0.5) is 0 Å². The van der Waals surface area contributed by atoms with Crippen molar-refractivity contribution < 1.29 is 19.0 Å². The Bertz CT molecular complexity index is 457. The van der Waals surface area contributed by atoms with E-state index in [1.54, 1.807) is 11.8 Å². The molecule has 2 aliphatic rings. The van der Waals surface area contributed by atoms with Gasteiger partial charge in [-0.05, 0) is 25.0 Å². The molecule has 0 aromatic heterocycles. The highest BCUT2D eigenvalue weighted by Gasteiger charge is 2.29. The van der Waals surface area contributed by atoms with Gasteiger partial charge >= 0.3 is 5.97 Å². The lowest BCUT2D eigenvalue weighted by atomic mass is 10.2. The largest absolute Gasteiger partial charge is 0.477 e. The van der Waals surface area contributed by atoms with Crippen molar-refractivity contribution in [2.75, 3.05) is 19.0 Å². The van der Waals surface area contributed by atoms with E-state index < -0.39 is 6.10 Å². The Morgan fingerprint density at radius 2 is 2.32 bits per heavy atom. The minimum Gasteiger partial charge on any atom is -0.477 e. The summed E-state index contributed by atoms with van der Waals surface area (Å²) in [6, 6.07) is 7.74. The zero-order valence-electron chi connectivity index (χ0n) is 10.5. The second kappa shape index (κ2) is 5.84. The normalized spacial score (nSPS) is 25.5. The summed E-state index contributed by atoms with van der Waals surface area (Å²) in [5, 5.41) is 0. The number of rotatable bonds is 3. The Hall–Kier alpha value is -1.20. The van der Waals surface area contributed by atoms with E-state index in [9.17, 15) is 4.79 Å². The number of thioether (sulfide) groups is 1. The third-order valence-corrected chi connectivity index (χ3v) is 4.32. The molecule has 4 nitrogen and oxygen atoms in total. The van der Waals surface area contributed by atoms with Crippen LogP contribution in [0.15, 0.2) is 29.2 Å². The van der Waals surface area contributed by atoms with Crippen molar-refractivity contribution in [2.24, 2.45) is 0 Å². The molecule has 1 saturated heterocycles. The number of hydrogen-bond acceptors (Lipinski definition) is 5. The lowest BCUT2D eigenvalue weighted by molar-refractivity contribution is -0.154. The van der Waals surface area contributed by atoms with E-state index in [0.717, 1.165) is 30.1 Å². The second-order valence-electron chi connectivity index (χ2n) is 4.63. The molecule has 19 heavy (non-hydrogen) atoms.